The van der Waals surface area contributed by atoms with E-state index in [0.29, 0.717) is 5.56 Å². The Morgan fingerprint density at radius 3 is 3.00 bits per heavy atom. The smallest absolute Gasteiger partial charge is 0.191 e. The van der Waals surface area contributed by atoms with Gasteiger partial charge in [0.25, 0.3) is 0 Å². The molecule has 0 N–H and O–H groups in total. The van der Waals surface area contributed by atoms with Crippen molar-refractivity contribution < 1.29 is 8.78 Å². The van der Waals surface area contributed by atoms with Crippen LogP contribution in [0.5, 0.6) is 0 Å². The summed E-state index contributed by atoms with van der Waals surface area (Å²) in [6, 6.07) is 4.01. The third kappa shape index (κ3) is 4.86. The van der Waals surface area contributed by atoms with E-state index in [1.54, 1.807) is 24.0 Å². The number of hydrogen-bond acceptors (Lipinski definition) is 5. The number of aliphatic imine (C=N–C) groups is 1. The lowest BCUT2D eigenvalue weighted by molar-refractivity contribution is 0.319. The minimum Gasteiger partial charge on any atom is -0.305 e. The number of nitrogens with zero attached hydrogens (tertiary/aromatic N) is 5. The third-order valence-corrected chi connectivity index (χ3v) is 7.67. The third-order valence-electron chi connectivity index (χ3n) is 6.57. The van der Waals surface area contributed by atoms with E-state index < -0.39 is 11.6 Å². The average molecular weight is 458 g/mol. The molecule has 2 aromatic rings. The quantitative estimate of drug-likeness (QED) is 0.228. The molecule has 1 aliphatic heterocycles. The number of allylic oxidation sites excluding steroid dienone is 3. The van der Waals surface area contributed by atoms with Crippen molar-refractivity contribution in [2.24, 2.45) is 17.5 Å². The number of aromatic nitrogens is 3. The summed E-state index contributed by atoms with van der Waals surface area (Å²) in [4.78, 5) is 6.18. The van der Waals surface area contributed by atoms with Gasteiger partial charge in [0.2, 0.25) is 0 Å². The van der Waals surface area contributed by atoms with Gasteiger partial charge in [-0.15, -0.1) is 10.2 Å². The van der Waals surface area contributed by atoms with E-state index >= 15 is 0 Å². The summed E-state index contributed by atoms with van der Waals surface area (Å²) in [5.41, 5.74) is 1.89. The number of benzene rings is 1. The maximum atomic E-state index is 14.2. The number of rotatable bonds is 9. The molecule has 1 aliphatic carbocycles. The van der Waals surface area contributed by atoms with Crippen molar-refractivity contribution in [2.45, 2.75) is 37.3 Å². The number of halogens is 2. The number of thioether (sulfide) groups is 1. The predicted octanol–water partition coefficient (Wildman–Crippen LogP) is 5.07. The predicted molar refractivity (Wildman–Crippen MR) is 126 cm³/mol. The largest absolute Gasteiger partial charge is 0.305 e. The topological polar surface area (TPSA) is 46.3 Å². The lowest BCUT2D eigenvalue weighted by Crippen LogP contribution is -2.23. The summed E-state index contributed by atoms with van der Waals surface area (Å²) in [5.74, 6) is 1.13. The summed E-state index contributed by atoms with van der Waals surface area (Å²) in [5, 5.41) is 9.54. The highest BCUT2D eigenvalue weighted by molar-refractivity contribution is 7.99. The van der Waals surface area contributed by atoms with Gasteiger partial charge in [0.05, 0.1) is 0 Å². The van der Waals surface area contributed by atoms with Gasteiger partial charge in [-0.25, -0.2) is 8.78 Å². The molecule has 0 unspecified atom stereocenters. The van der Waals surface area contributed by atoms with Crippen molar-refractivity contribution >= 4 is 24.1 Å². The van der Waals surface area contributed by atoms with Crippen molar-refractivity contribution in [3.8, 4) is 0 Å². The van der Waals surface area contributed by atoms with E-state index in [1.807, 2.05) is 30.7 Å². The summed E-state index contributed by atoms with van der Waals surface area (Å²) in [6.45, 7) is 8.50. The first kappa shape index (κ1) is 22.9. The van der Waals surface area contributed by atoms with Crippen molar-refractivity contribution in [1.82, 2.24) is 19.7 Å². The van der Waals surface area contributed by atoms with Gasteiger partial charge in [0.15, 0.2) is 11.0 Å². The van der Waals surface area contributed by atoms with Gasteiger partial charge in [0, 0.05) is 31.6 Å². The molecule has 170 valence electrons. The number of hydrogen-bond donors (Lipinski definition) is 0. The molecule has 0 radical (unpaired) electrons. The SMILES string of the molecule is C=N/C=C\C=C(/C)c1nnc(SCCCN2CC[C@@]3(C[C@H]3c3ccc(F)cc3F)C2)n1C. The van der Waals surface area contributed by atoms with Crippen molar-refractivity contribution in [2.75, 3.05) is 25.4 Å². The molecule has 0 amide bonds. The van der Waals surface area contributed by atoms with Gasteiger partial charge in [0.1, 0.15) is 11.6 Å². The fraction of sp³-hybridized carbons (Fsp3) is 0.458. The molecule has 4 rings (SSSR count). The second-order valence-corrected chi connectivity index (χ2v) is 9.81. The van der Waals surface area contributed by atoms with Gasteiger partial charge < -0.3 is 9.47 Å². The highest BCUT2D eigenvalue weighted by Crippen LogP contribution is 2.64. The highest BCUT2D eigenvalue weighted by atomic mass is 32.2. The van der Waals surface area contributed by atoms with Crippen LogP contribution in [0.25, 0.3) is 5.57 Å². The summed E-state index contributed by atoms with van der Waals surface area (Å²) < 4.78 is 29.4. The Morgan fingerprint density at radius 1 is 1.38 bits per heavy atom. The van der Waals surface area contributed by atoms with Crippen LogP contribution in [-0.2, 0) is 7.05 Å². The van der Waals surface area contributed by atoms with Crippen LogP contribution in [0.2, 0.25) is 0 Å². The molecule has 32 heavy (non-hydrogen) atoms. The van der Waals surface area contributed by atoms with Crippen LogP contribution in [0.1, 0.15) is 43.5 Å². The Labute approximate surface area is 192 Å². The molecule has 1 aromatic carbocycles. The first-order chi connectivity index (χ1) is 15.4. The molecule has 1 aromatic heterocycles. The van der Waals surface area contributed by atoms with Crippen molar-refractivity contribution in [3.05, 3.63) is 59.6 Å². The molecular formula is C24H29F2N5S. The molecule has 1 saturated heterocycles. The first-order valence-electron chi connectivity index (χ1n) is 10.9. The lowest BCUT2D eigenvalue weighted by atomic mass is 9.98. The van der Waals surface area contributed by atoms with Gasteiger partial charge in [-0.1, -0.05) is 23.9 Å². The van der Waals surface area contributed by atoms with Crippen LogP contribution in [0.4, 0.5) is 8.78 Å². The molecule has 5 nitrogen and oxygen atoms in total. The molecule has 2 heterocycles. The Hall–Kier alpha value is -2.32. The van der Waals surface area contributed by atoms with E-state index in [2.05, 4.69) is 26.8 Å². The maximum Gasteiger partial charge on any atom is 0.191 e. The molecule has 1 spiro atoms. The zero-order valence-corrected chi connectivity index (χ0v) is 19.4. The van der Waals surface area contributed by atoms with Crippen LogP contribution in [0.15, 0.2) is 46.7 Å². The van der Waals surface area contributed by atoms with E-state index in [4.69, 9.17) is 0 Å². The minimum absolute atomic E-state index is 0.184. The second kappa shape index (κ2) is 9.67. The van der Waals surface area contributed by atoms with Crippen molar-refractivity contribution in [3.63, 3.8) is 0 Å². The van der Waals surface area contributed by atoms with Gasteiger partial charge in [-0.3, -0.25) is 4.99 Å². The Morgan fingerprint density at radius 2 is 2.22 bits per heavy atom. The van der Waals surface area contributed by atoms with E-state index in [0.717, 1.165) is 67.3 Å². The fourth-order valence-electron chi connectivity index (χ4n) is 4.76. The van der Waals surface area contributed by atoms with Crippen LogP contribution >= 0.6 is 11.8 Å². The van der Waals surface area contributed by atoms with E-state index in [-0.39, 0.29) is 11.3 Å². The Kier molecular flexibility index (Phi) is 6.90. The van der Waals surface area contributed by atoms with Crippen LogP contribution in [0.3, 0.4) is 0 Å². The molecule has 2 aliphatic rings. The molecule has 2 fully saturated rings. The van der Waals surface area contributed by atoms with Gasteiger partial charge in [-0.2, -0.15) is 0 Å². The fourth-order valence-corrected chi connectivity index (χ4v) is 5.59. The lowest BCUT2D eigenvalue weighted by Gasteiger charge is -2.16. The monoisotopic (exact) mass is 457 g/mol. The molecule has 2 atom stereocenters. The van der Waals surface area contributed by atoms with E-state index in [1.165, 1.54) is 6.07 Å². The maximum absolute atomic E-state index is 14.2. The highest BCUT2D eigenvalue weighted by Gasteiger charge is 2.58. The van der Waals surface area contributed by atoms with Gasteiger partial charge >= 0.3 is 0 Å². The number of likely N-dealkylation sites (tertiary alicyclic amines) is 1. The van der Waals surface area contributed by atoms with Crippen LogP contribution in [-0.4, -0.2) is 51.8 Å². The normalized spacial score (nSPS) is 23.5. The van der Waals surface area contributed by atoms with Gasteiger partial charge in [-0.05, 0) is 80.6 Å². The van der Waals surface area contributed by atoms with Crippen LogP contribution < -0.4 is 0 Å². The Balaban J connectivity index is 1.23. The summed E-state index contributed by atoms with van der Waals surface area (Å²) in [6.07, 6.45) is 8.57. The standard InChI is InChI=1S/C24H29F2N5S/c1-17(6-4-10-27-2)22-28-29-23(30(22)3)32-13-5-11-31-12-9-24(16-31)15-20(24)19-8-7-18(25)14-21(19)26/h4,6-8,10,14,20H,2,5,9,11-13,15-16H2,1,3H3/b10-4-,17-6+/t20-,24+/m0/s1. The minimum atomic E-state index is -0.505. The summed E-state index contributed by atoms with van der Waals surface area (Å²) in [7, 11) is 1.98. The Bertz CT molecular complexity index is 1050. The summed E-state index contributed by atoms with van der Waals surface area (Å²) >= 11 is 1.72. The van der Waals surface area contributed by atoms with E-state index in [9.17, 15) is 8.78 Å². The second-order valence-electron chi connectivity index (χ2n) is 8.75. The average Bonchev–Trinajstić information content (AvgIpc) is 3.09. The zero-order chi connectivity index (χ0) is 22.7. The zero-order valence-electron chi connectivity index (χ0n) is 18.6. The molecule has 0 bridgehead atoms. The first-order valence-corrected chi connectivity index (χ1v) is 11.9. The van der Waals surface area contributed by atoms with Crippen LogP contribution in [0, 0.1) is 17.0 Å². The molecule has 1 saturated carbocycles. The van der Waals surface area contributed by atoms with Crippen molar-refractivity contribution in [1.29, 1.82) is 0 Å². The molecule has 8 heteroatoms. The molecular weight excluding hydrogens is 428 g/mol.